The molecule has 0 radical (unpaired) electrons. The Kier molecular flexibility index (Phi) is 6.28. The Hall–Kier alpha value is -0.430. The van der Waals surface area contributed by atoms with Crippen molar-refractivity contribution in [2.24, 2.45) is 0 Å². The number of rotatable bonds is 5. The van der Waals surface area contributed by atoms with Crippen molar-refractivity contribution in [2.75, 3.05) is 16.8 Å². The third-order valence-corrected chi connectivity index (χ3v) is 3.70. The molecule has 1 aromatic carbocycles. The molecule has 0 saturated heterocycles. The fraction of sp³-hybridized carbons (Fsp3) is 0.200. The van der Waals surface area contributed by atoms with Gasteiger partial charge >= 0.3 is 5.97 Å². The normalized spacial score (nSPS) is 10.2. The topological polar surface area (TPSA) is 66.4 Å². The third kappa shape index (κ3) is 5.06. The molecule has 0 bridgehead atoms. The molecular weight excluding hydrogens is 365 g/mol. The van der Waals surface area contributed by atoms with Crippen LogP contribution in [0.25, 0.3) is 0 Å². The summed E-state index contributed by atoms with van der Waals surface area (Å²) < 4.78 is 0.704. The number of aliphatic carboxylic acids is 1. The quantitative estimate of drug-likeness (QED) is 0.829. The maximum absolute atomic E-state index is 11.5. The maximum atomic E-state index is 11.5. The van der Waals surface area contributed by atoms with Gasteiger partial charge in [-0.3, -0.25) is 9.59 Å². The van der Waals surface area contributed by atoms with Crippen LogP contribution in [0.4, 0.5) is 5.69 Å². The van der Waals surface area contributed by atoms with E-state index >= 15 is 0 Å². The lowest BCUT2D eigenvalue weighted by atomic mass is 10.3. The lowest BCUT2D eigenvalue weighted by molar-refractivity contribution is -0.133. The van der Waals surface area contributed by atoms with Gasteiger partial charge in [0.2, 0.25) is 5.91 Å². The molecule has 0 spiro atoms. The maximum Gasteiger partial charge on any atom is 0.313 e. The zero-order valence-corrected chi connectivity index (χ0v) is 12.8. The standard InChI is InChI=1S/C10H8BrCl2NO3S/c11-5-1-6(12)10(7(13)2-5)14-8(15)3-18-4-9(16)17/h1-2H,3-4H2,(H,14,15)(H,16,17). The van der Waals surface area contributed by atoms with Crippen LogP contribution in [0.5, 0.6) is 0 Å². The Labute approximate surface area is 126 Å². The summed E-state index contributed by atoms with van der Waals surface area (Å²) in [5, 5.41) is 11.6. The Morgan fingerprint density at radius 2 is 1.83 bits per heavy atom. The van der Waals surface area contributed by atoms with Crippen LogP contribution in [0.3, 0.4) is 0 Å². The average Bonchev–Trinajstić information content (AvgIpc) is 2.22. The lowest BCUT2D eigenvalue weighted by Gasteiger charge is -2.09. The highest BCUT2D eigenvalue weighted by molar-refractivity contribution is 9.10. The first-order valence-corrected chi connectivity index (χ1v) is 7.34. The predicted octanol–water partition coefficient (Wildman–Crippen LogP) is 3.51. The molecule has 1 rings (SSSR count). The van der Waals surface area contributed by atoms with Crippen LogP contribution in [0.15, 0.2) is 16.6 Å². The van der Waals surface area contributed by atoms with Crippen LogP contribution in [-0.2, 0) is 9.59 Å². The highest BCUT2D eigenvalue weighted by Gasteiger charge is 2.11. The van der Waals surface area contributed by atoms with Gasteiger partial charge in [0.15, 0.2) is 0 Å². The molecule has 2 N–H and O–H groups in total. The Morgan fingerprint density at radius 3 is 2.33 bits per heavy atom. The van der Waals surface area contributed by atoms with Crippen molar-refractivity contribution >= 4 is 68.5 Å². The lowest BCUT2D eigenvalue weighted by Crippen LogP contribution is -2.16. The van der Waals surface area contributed by atoms with E-state index in [0.717, 1.165) is 11.8 Å². The number of anilines is 1. The summed E-state index contributed by atoms with van der Waals surface area (Å²) in [5.41, 5.74) is 0.322. The van der Waals surface area contributed by atoms with Gasteiger partial charge in [-0.1, -0.05) is 39.1 Å². The second kappa shape index (κ2) is 7.23. The summed E-state index contributed by atoms with van der Waals surface area (Å²) >= 11 is 16.1. The number of hydrogen-bond acceptors (Lipinski definition) is 3. The third-order valence-electron chi connectivity index (χ3n) is 1.73. The minimum Gasteiger partial charge on any atom is -0.481 e. The second-order valence-electron chi connectivity index (χ2n) is 3.18. The molecule has 0 unspecified atom stereocenters. The molecule has 8 heteroatoms. The van der Waals surface area contributed by atoms with E-state index in [-0.39, 0.29) is 17.4 Å². The van der Waals surface area contributed by atoms with Crippen LogP contribution in [0.1, 0.15) is 0 Å². The fourth-order valence-electron chi connectivity index (χ4n) is 1.07. The molecule has 0 aliphatic heterocycles. The number of carboxylic acids is 1. The summed E-state index contributed by atoms with van der Waals surface area (Å²) in [7, 11) is 0. The van der Waals surface area contributed by atoms with E-state index in [2.05, 4.69) is 21.2 Å². The average molecular weight is 373 g/mol. The number of amides is 1. The molecule has 0 aromatic heterocycles. The van der Waals surface area contributed by atoms with Gasteiger partial charge in [0.05, 0.1) is 27.2 Å². The minimum absolute atomic E-state index is 0.0228. The highest BCUT2D eigenvalue weighted by atomic mass is 79.9. The van der Waals surface area contributed by atoms with Crippen LogP contribution in [0, 0.1) is 0 Å². The Bertz CT molecular complexity index is 461. The zero-order chi connectivity index (χ0) is 13.7. The molecule has 0 aliphatic carbocycles. The fourth-order valence-corrected chi connectivity index (χ4v) is 2.91. The van der Waals surface area contributed by atoms with Gasteiger partial charge in [0.25, 0.3) is 0 Å². The van der Waals surface area contributed by atoms with Crippen molar-refractivity contribution in [3.8, 4) is 0 Å². The van der Waals surface area contributed by atoms with Crippen molar-refractivity contribution in [1.29, 1.82) is 0 Å². The summed E-state index contributed by atoms with van der Waals surface area (Å²) in [6.45, 7) is 0. The first-order chi connectivity index (χ1) is 8.40. The van der Waals surface area contributed by atoms with Crippen LogP contribution >= 0.6 is 50.9 Å². The number of carbonyl (C=O) groups is 2. The summed E-state index contributed by atoms with van der Waals surface area (Å²) in [5.74, 6) is -1.43. The number of hydrogen-bond donors (Lipinski definition) is 2. The first-order valence-electron chi connectivity index (χ1n) is 4.64. The molecule has 1 amide bonds. The molecule has 0 atom stereocenters. The minimum atomic E-state index is -0.965. The summed E-state index contributed by atoms with van der Waals surface area (Å²) in [6.07, 6.45) is 0. The van der Waals surface area contributed by atoms with Crippen molar-refractivity contribution in [3.05, 3.63) is 26.7 Å². The van der Waals surface area contributed by atoms with Gasteiger partial charge < -0.3 is 10.4 Å². The zero-order valence-electron chi connectivity index (χ0n) is 8.87. The summed E-state index contributed by atoms with van der Waals surface area (Å²) in [4.78, 5) is 21.8. The Balaban J connectivity index is 2.62. The van der Waals surface area contributed by atoms with Crippen LogP contribution in [-0.4, -0.2) is 28.5 Å². The molecule has 0 saturated carbocycles. The van der Waals surface area contributed by atoms with Crippen molar-refractivity contribution in [1.82, 2.24) is 0 Å². The monoisotopic (exact) mass is 371 g/mol. The number of thioether (sulfide) groups is 1. The second-order valence-corrected chi connectivity index (χ2v) is 5.89. The SMILES string of the molecule is O=C(O)CSCC(=O)Nc1c(Cl)cc(Br)cc1Cl. The van der Waals surface area contributed by atoms with Crippen LogP contribution in [0.2, 0.25) is 10.0 Å². The number of nitrogens with one attached hydrogen (secondary N) is 1. The molecule has 4 nitrogen and oxygen atoms in total. The van der Waals surface area contributed by atoms with Gasteiger partial charge in [-0.25, -0.2) is 0 Å². The molecular formula is C10H8BrCl2NO3S. The van der Waals surface area contributed by atoms with E-state index in [9.17, 15) is 9.59 Å². The molecule has 98 valence electrons. The highest BCUT2D eigenvalue weighted by Crippen LogP contribution is 2.33. The molecule has 0 aliphatic rings. The first kappa shape index (κ1) is 15.6. The summed E-state index contributed by atoms with van der Waals surface area (Å²) in [6, 6.07) is 3.21. The van der Waals surface area contributed by atoms with Gasteiger partial charge in [0.1, 0.15) is 0 Å². The molecule has 0 heterocycles. The molecule has 1 aromatic rings. The van der Waals surface area contributed by atoms with Gasteiger partial charge in [-0.05, 0) is 12.1 Å². The molecule has 0 fully saturated rings. The predicted molar refractivity (Wildman–Crippen MR) is 77.8 cm³/mol. The van der Waals surface area contributed by atoms with E-state index in [1.807, 2.05) is 0 Å². The van der Waals surface area contributed by atoms with Gasteiger partial charge in [-0.15, -0.1) is 11.8 Å². The largest absolute Gasteiger partial charge is 0.481 e. The van der Waals surface area contributed by atoms with E-state index < -0.39 is 5.97 Å². The van der Waals surface area contributed by atoms with E-state index in [0.29, 0.717) is 20.2 Å². The van der Waals surface area contributed by atoms with Gasteiger partial charge in [0, 0.05) is 4.47 Å². The van der Waals surface area contributed by atoms with Crippen molar-refractivity contribution in [3.63, 3.8) is 0 Å². The van der Waals surface area contributed by atoms with Crippen molar-refractivity contribution < 1.29 is 14.7 Å². The number of halogens is 3. The van der Waals surface area contributed by atoms with Crippen LogP contribution < -0.4 is 5.32 Å². The van der Waals surface area contributed by atoms with Gasteiger partial charge in [-0.2, -0.15) is 0 Å². The smallest absolute Gasteiger partial charge is 0.313 e. The van der Waals surface area contributed by atoms with E-state index in [4.69, 9.17) is 28.3 Å². The van der Waals surface area contributed by atoms with E-state index in [1.54, 1.807) is 12.1 Å². The Morgan fingerprint density at radius 1 is 1.28 bits per heavy atom. The number of benzene rings is 1. The van der Waals surface area contributed by atoms with Crippen molar-refractivity contribution in [2.45, 2.75) is 0 Å². The number of carbonyl (C=O) groups excluding carboxylic acids is 1. The molecule has 18 heavy (non-hydrogen) atoms. The number of carboxylic acid groups (broad SMARTS) is 1. The van der Waals surface area contributed by atoms with E-state index in [1.165, 1.54) is 0 Å².